The van der Waals surface area contributed by atoms with Gasteiger partial charge < -0.3 is 10.2 Å². The van der Waals surface area contributed by atoms with Crippen LogP contribution in [0, 0.1) is 10.1 Å². The molecule has 0 amide bonds. The third-order valence-electron chi connectivity index (χ3n) is 2.94. The number of hydrogen-bond acceptors (Lipinski definition) is 6. The lowest BCUT2D eigenvalue weighted by Crippen LogP contribution is -2.26. The molecule has 0 fully saturated rings. The molecule has 20 heavy (non-hydrogen) atoms. The molecule has 0 saturated heterocycles. The molecule has 2 aromatic heterocycles. The van der Waals surface area contributed by atoms with E-state index in [0.717, 1.165) is 0 Å². The highest BCUT2D eigenvalue weighted by Gasteiger charge is 2.18. The Morgan fingerprint density at radius 1 is 1.45 bits per heavy atom. The van der Waals surface area contributed by atoms with Gasteiger partial charge in [0, 0.05) is 23.7 Å². The second-order valence-corrected chi connectivity index (χ2v) is 5.48. The van der Waals surface area contributed by atoms with Crippen molar-refractivity contribution in [2.75, 3.05) is 26.0 Å². The monoisotopic (exact) mass is 292 g/mol. The minimum Gasteiger partial charge on any atom is -0.362 e. The predicted molar refractivity (Wildman–Crippen MR) is 80.1 cm³/mol. The van der Waals surface area contributed by atoms with E-state index in [0.29, 0.717) is 12.4 Å². The molecule has 0 saturated carbocycles. The van der Waals surface area contributed by atoms with Crippen molar-refractivity contribution in [3.05, 3.63) is 50.8 Å². The molecule has 1 unspecified atom stereocenters. The van der Waals surface area contributed by atoms with Gasteiger partial charge in [-0.2, -0.15) is 0 Å². The summed E-state index contributed by atoms with van der Waals surface area (Å²) < 4.78 is 0. The predicted octanol–water partition coefficient (Wildman–Crippen LogP) is 2.77. The smallest absolute Gasteiger partial charge is 0.311 e. The van der Waals surface area contributed by atoms with Crippen LogP contribution in [-0.2, 0) is 0 Å². The Bertz CT molecular complexity index is 572. The van der Waals surface area contributed by atoms with Crippen molar-refractivity contribution in [2.24, 2.45) is 0 Å². The Morgan fingerprint density at radius 2 is 2.25 bits per heavy atom. The second kappa shape index (κ2) is 6.44. The Labute approximate surface area is 121 Å². The molecule has 6 nitrogen and oxygen atoms in total. The van der Waals surface area contributed by atoms with E-state index in [9.17, 15) is 10.1 Å². The highest BCUT2D eigenvalue weighted by molar-refractivity contribution is 7.10. The van der Waals surface area contributed by atoms with E-state index in [2.05, 4.69) is 21.3 Å². The zero-order chi connectivity index (χ0) is 14.5. The maximum Gasteiger partial charge on any atom is 0.311 e. The van der Waals surface area contributed by atoms with Crippen molar-refractivity contribution in [3.8, 4) is 0 Å². The van der Waals surface area contributed by atoms with Gasteiger partial charge in [-0.1, -0.05) is 6.07 Å². The standard InChI is InChI=1S/C13H16N4O2S/c1-16(2)11(12-6-4-8-20-12)9-15-13-10(17(18)19)5-3-7-14-13/h3-8,11H,9H2,1-2H3,(H,14,15). The first-order chi connectivity index (χ1) is 9.59. The molecule has 0 aromatic carbocycles. The Morgan fingerprint density at radius 3 is 2.85 bits per heavy atom. The topological polar surface area (TPSA) is 71.3 Å². The first-order valence-corrected chi connectivity index (χ1v) is 7.00. The number of anilines is 1. The van der Waals surface area contributed by atoms with Crippen LogP contribution in [-0.4, -0.2) is 35.4 Å². The summed E-state index contributed by atoms with van der Waals surface area (Å²) in [6.07, 6.45) is 1.55. The van der Waals surface area contributed by atoms with Gasteiger partial charge in [-0.15, -0.1) is 11.3 Å². The molecule has 7 heteroatoms. The lowest BCUT2D eigenvalue weighted by atomic mass is 10.2. The second-order valence-electron chi connectivity index (χ2n) is 4.50. The number of likely N-dealkylation sites (N-methyl/N-ethyl adjacent to an activating group) is 1. The van der Waals surface area contributed by atoms with Crippen molar-refractivity contribution in [1.82, 2.24) is 9.88 Å². The number of aromatic nitrogens is 1. The van der Waals surface area contributed by atoms with Gasteiger partial charge in [-0.3, -0.25) is 10.1 Å². The maximum absolute atomic E-state index is 10.9. The highest BCUT2D eigenvalue weighted by atomic mass is 32.1. The van der Waals surface area contributed by atoms with E-state index in [1.165, 1.54) is 10.9 Å². The van der Waals surface area contributed by atoms with Crippen LogP contribution in [0.15, 0.2) is 35.8 Å². The van der Waals surface area contributed by atoms with Gasteiger partial charge in [-0.25, -0.2) is 4.98 Å². The van der Waals surface area contributed by atoms with Crippen LogP contribution < -0.4 is 5.32 Å². The van der Waals surface area contributed by atoms with E-state index >= 15 is 0 Å². The zero-order valence-electron chi connectivity index (χ0n) is 11.3. The van der Waals surface area contributed by atoms with Crippen LogP contribution in [0.5, 0.6) is 0 Å². The molecular formula is C13H16N4O2S. The number of hydrogen-bond donors (Lipinski definition) is 1. The molecule has 106 valence electrons. The Hall–Kier alpha value is -1.99. The summed E-state index contributed by atoms with van der Waals surface area (Å²) in [5.74, 6) is 0.306. The van der Waals surface area contributed by atoms with Gasteiger partial charge in [0.25, 0.3) is 0 Å². The SMILES string of the molecule is CN(C)C(CNc1ncccc1[N+](=O)[O-])c1cccs1. The van der Waals surface area contributed by atoms with E-state index in [-0.39, 0.29) is 11.7 Å². The van der Waals surface area contributed by atoms with Gasteiger partial charge in [-0.05, 0) is 31.6 Å². The molecule has 0 aliphatic rings. The first-order valence-electron chi connectivity index (χ1n) is 6.12. The summed E-state index contributed by atoms with van der Waals surface area (Å²) in [4.78, 5) is 17.9. The molecule has 0 aliphatic carbocycles. The van der Waals surface area contributed by atoms with Crippen molar-refractivity contribution < 1.29 is 4.92 Å². The molecular weight excluding hydrogens is 276 g/mol. The number of nitrogens with zero attached hydrogens (tertiary/aromatic N) is 3. The van der Waals surface area contributed by atoms with Crippen molar-refractivity contribution in [1.29, 1.82) is 0 Å². The van der Waals surface area contributed by atoms with Gasteiger partial charge in [0.1, 0.15) is 0 Å². The average molecular weight is 292 g/mol. The fraction of sp³-hybridized carbons (Fsp3) is 0.308. The summed E-state index contributed by atoms with van der Waals surface area (Å²) in [5.41, 5.74) is -0.00353. The quantitative estimate of drug-likeness (QED) is 0.655. The van der Waals surface area contributed by atoms with Crippen molar-refractivity contribution in [2.45, 2.75) is 6.04 Å². The number of rotatable bonds is 6. The number of pyridine rings is 1. The van der Waals surface area contributed by atoms with E-state index in [4.69, 9.17) is 0 Å². The molecule has 1 N–H and O–H groups in total. The van der Waals surface area contributed by atoms with Crippen LogP contribution in [0.2, 0.25) is 0 Å². The van der Waals surface area contributed by atoms with Crippen molar-refractivity contribution in [3.63, 3.8) is 0 Å². The van der Waals surface area contributed by atoms with Crippen LogP contribution in [0.1, 0.15) is 10.9 Å². The van der Waals surface area contributed by atoms with E-state index in [1.54, 1.807) is 23.6 Å². The van der Waals surface area contributed by atoms with E-state index < -0.39 is 4.92 Å². The van der Waals surface area contributed by atoms with Gasteiger partial charge in [0.2, 0.25) is 5.82 Å². The summed E-state index contributed by atoms with van der Waals surface area (Å²) in [6, 6.07) is 7.22. The fourth-order valence-corrected chi connectivity index (χ4v) is 2.81. The van der Waals surface area contributed by atoms with Gasteiger partial charge in [0.05, 0.1) is 11.0 Å². The van der Waals surface area contributed by atoms with Gasteiger partial charge in [0.15, 0.2) is 0 Å². The summed E-state index contributed by atoms with van der Waals surface area (Å²) in [6.45, 7) is 0.561. The molecule has 2 aromatic rings. The third kappa shape index (κ3) is 3.31. The summed E-state index contributed by atoms with van der Waals surface area (Å²) in [5, 5.41) is 16.0. The fourth-order valence-electron chi connectivity index (χ4n) is 1.89. The summed E-state index contributed by atoms with van der Waals surface area (Å²) in [7, 11) is 3.97. The molecule has 2 rings (SSSR count). The zero-order valence-corrected chi connectivity index (χ0v) is 12.1. The van der Waals surface area contributed by atoms with Crippen molar-refractivity contribution >= 4 is 22.8 Å². The lowest BCUT2D eigenvalue weighted by Gasteiger charge is -2.23. The molecule has 0 spiro atoms. The molecule has 0 bridgehead atoms. The molecule has 0 radical (unpaired) electrons. The van der Waals surface area contributed by atoms with Crippen LogP contribution in [0.4, 0.5) is 11.5 Å². The first kappa shape index (κ1) is 14.4. The number of nitro groups is 1. The van der Waals surface area contributed by atoms with Crippen LogP contribution >= 0.6 is 11.3 Å². The minimum atomic E-state index is -0.425. The van der Waals surface area contributed by atoms with E-state index in [1.807, 2.05) is 25.5 Å². The maximum atomic E-state index is 10.9. The molecule has 0 aliphatic heterocycles. The summed E-state index contributed by atoms with van der Waals surface area (Å²) >= 11 is 1.67. The number of nitrogens with one attached hydrogen (secondary N) is 1. The minimum absolute atomic E-state index is 0.00353. The van der Waals surface area contributed by atoms with Crippen LogP contribution in [0.25, 0.3) is 0 Å². The Kier molecular flexibility index (Phi) is 4.65. The number of thiophene rings is 1. The highest BCUT2D eigenvalue weighted by Crippen LogP contribution is 2.25. The average Bonchev–Trinajstić information content (AvgIpc) is 2.92. The largest absolute Gasteiger partial charge is 0.362 e. The normalized spacial score (nSPS) is 12.3. The van der Waals surface area contributed by atoms with Crippen LogP contribution in [0.3, 0.4) is 0 Å². The Balaban J connectivity index is 2.13. The molecule has 2 heterocycles. The lowest BCUT2D eigenvalue weighted by molar-refractivity contribution is -0.384. The third-order valence-corrected chi connectivity index (χ3v) is 3.91. The van der Waals surface area contributed by atoms with Gasteiger partial charge >= 0.3 is 5.69 Å². The molecule has 1 atom stereocenters.